The van der Waals surface area contributed by atoms with Gasteiger partial charge in [-0.1, -0.05) is 6.07 Å². The number of nitrogens with one attached hydrogen (secondary N) is 1. The zero-order valence-electron chi connectivity index (χ0n) is 21.6. The molecule has 0 atom stereocenters. The summed E-state index contributed by atoms with van der Waals surface area (Å²) in [6.07, 6.45) is 3.11. The zero-order chi connectivity index (χ0) is 26.5. The highest BCUT2D eigenvalue weighted by Gasteiger charge is 2.25. The lowest BCUT2D eigenvalue weighted by atomic mass is 10.1. The first-order chi connectivity index (χ1) is 18.6. The highest BCUT2D eigenvalue weighted by Crippen LogP contribution is 2.34. The number of benzene rings is 3. The minimum absolute atomic E-state index is 0.0195. The molecule has 9 heteroatoms. The lowest BCUT2D eigenvalue weighted by molar-refractivity contribution is 0.0595. The fraction of sp³-hybridized carbons (Fsp3) is 0.276. The molecule has 0 spiro atoms. The zero-order valence-corrected chi connectivity index (χ0v) is 21.6. The molecule has 2 heterocycles. The quantitative estimate of drug-likeness (QED) is 0.348. The molecule has 38 heavy (non-hydrogen) atoms. The Kier molecular flexibility index (Phi) is 7.44. The van der Waals surface area contributed by atoms with E-state index in [9.17, 15) is 4.79 Å². The predicted molar refractivity (Wildman–Crippen MR) is 145 cm³/mol. The Balaban J connectivity index is 1.19. The maximum atomic E-state index is 12.9. The van der Waals surface area contributed by atoms with Gasteiger partial charge >= 0.3 is 0 Å². The largest absolute Gasteiger partial charge is 0.497 e. The molecule has 5 rings (SSSR count). The number of anilines is 2. The number of ether oxygens (including phenoxy) is 4. The Bertz CT molecular complexity index is 1420. The second kappa shape index (κ2) is 11.2. The van der Waals surface area contributed by atoms with Crippen molar-refractivity contribution in [2.24, 2.45) is 0 Å². The molecule has 0 unspecified atom stereocenters. The third-order valence-electron chi connectivity index (χ3n) is 6.61. The second-order valence-corrected chi connectivity index (χ2v) is 8.94. The fourth-order valence-electron chi connectivity index (χ4n) is 4.54. The summed E-state index contributed by atoms with van der Waals surface area (Å²) in [6.45, 7) is 1.30. The lowest BCUT2D eigenvalue weighted by Crippen LogP contribution is -2.41. The number of nitrogens with zero attached hydrogens (tertiary/aromatic N) is 3. The minimum atomic E-state index is 0.0195. The van der Waals surface area contributed by atoms with Crippen LogP contribution in [0.4, 0.5) is 11.5 Å². The van der Waals surface area contributed by atoms with Crippen molar-refractivity contribution in [2.45, 2.75) is 18.9 Å². The van der Waals surface area contributed by atoms with Gasteiger partial charge in [0.1, 0.15) is 29.7 Å². The molecule has 0 radical (unpaired) electrons. The van der Waals surface area contributed by atoms with Gasteiger partial charge in [0.15, 0.2) is 11.5 Å². The van der Waals surface area contributed by atoms with E-state index >= 15 is 0 Å². The normalized spacial score (nSPS) is 13.7. The molecule has 1 aliphatic rings. The first-order valence-electron chi connectivity index (χ1n) is 12.4. The van der Waals surface area contributed by atoms with E-state index in [0.717, 1.165) is 35.2 Å². The number of aromatic nitrogens is 2. The van der Waals surface area contributed by atoms with Crippen LogP contribution < -0.4 is 24.3 Å². The predicted octanol–water partition coefficient (Wildman–Crippen LogP) is 5.08. The van der Waals surface area contributed by atoms with Crippen molar-refractivity contribution in [3.05, 3.63) is 72.6 Å². The van der Waals surface area contributed by atoms with Crippen molar-refractivity contribution in [1.29, 1.82) is 0 Å². The molecular formula is C29H30N4O5. The summed E-state index contributed by atoms with van der Waals surface area (Å²) in [7, 11) is 4.79. The number of amides is 1. The number of hydrogen-bond acceptors (Lipinski definition) is 8. The third-order valence-corrected chi connectivity index (χ3v) is 6.61. The van der Waals surface area contributed by atoms with E-state index < -0.39 is 0 Å². The maximum Gasteiger partial charge on any atom is 0.253 e. The fourth-order valence-corrected chi connectivity index (χ4v) is 4.54. The number of fused-ring (bicyclic) bond motifs is 1. The van der Waals surface area contributed by atoms with Crippen LogP contribution >= 0.6 is 0 Å². The molecule has 0 aliphatic carbocycles. The van der Waals surface area contributed by atoms with Gasteiger partial charge < -0.3 is 29.2 Å². The number of carbonyl (C=O) groups excluding carboxylic acids is 1. The third kappa shape index (κ3) is 5.41. The van der Waals surface area contributed by atoms with Gasteiger partial charge in [-0.15, -0.1) is 0 Å². The first-order valence-corrected chi connectivity index (χ1v) is 12.4. The Morgan fingerprint density at radius 3 is 2.32 bits per heavy atom. The number of rotatable bonds is 8. The minimum Gasteiger partial charge on any atom is -0.497 e. The molecule has 1 fully saturated rings. The van der Waals surface area contributed by atoms with Gasteiger partial charge in [0, 0.05) is 48.6 Å². The summed E-state index contributed by atoms with van der Waals surface area (Å²) in [5.74, 6) is 3.37. The standard InChI is InChI=1S/C29H30N4O5/c1-35-23-6-4-5-19(15-23)29(34)33-13-11-22(12-14-33)38-21-9-7-20(8-10-21)32-28-24-16-26(36-2)27(37-3)17-25(24)30-18-31-28/h4-10,15-18,22H,11-14H2,1-3H3,(H,30,31,32). The first kappa shape index (κ1) is 25.1. The Morgan fingerprint density at radius 2 is 1.61 bits per heavy atom. The van der Waals surface area contributed by atoms with Crippen molar-refractivity contribution in [1.82, 2.24) is 14.9 Å². The highest BCUT2D eigenvalue weighted by atomic mass is 16.5. The van der Waals surface area contributed by atoms with Crippen LogP contribution in [0.1, 0.15) is 23.2 Å². The van der Waals surface area contributed by atoms with Crippen LogP contribution in [0.5, 0.6) is 23.0 Å². The van der Waals surface area contributed by atoms with Crippen LogP contribution in [0, 0.1) is 0 Å². The molecule has 1 aliphatic heterocycles. The molecule has 196 valence electrons. The van der Waals surface area contributed by atoms with Crippen LogP contribution in [0.3, 0.4) is 0 Å². The van der Waals surface area contributed by atoms with Crippen molar-refractivity contribution >= 4 is 28.3 Å². The van der Waals surface area contributed by atoms with E-state index in [4.69, 9.17) is 18.9 Å². The van der Waals surface area contributed by atoms with E-state index in [2.05, 4.69) is 15.3 Å². The highest BCUT2D eigenvalue weighted by molar-refractivity contribution is 5.95. The second-order valence-electron chi connectivity index (χ2n) is 8.94. The van der Waals surface area contributed by atoms with E-state index in [-0.39, 0.29) is 12.0 Å². The van der Waals surface area contributed by atoms with E-state index in [1.54, 1.807) is 27.4 Å². The number of hydrogen-bond donors (Lipinski definition) is 1. The summed E-state index contributed by atoms with van der Waals surface area (Å²) >= 11 is 0. The summed E-state index contributed by atoms with van der Waals surface area (Å²) in [5, 5.41) is 4.17. The van der Waals surface area contributed by atoms with Crippen molar-refractivity contribution in [3.63, 3.8) is 0 Å². The number of carbonyl (C=O) groups is 1. The van der Waals surface area contributed by atoms with Crippen LogP contribution in [-0.4, -0.2) is 61.3 Å². The summed E-state index contributed by atoms with van der Waals surface area (Å²) in [4.78, 5) is 23.5. The van der Waals surface area contributed by atoms with Gasteiger partial charge in [-0.3, -0.25) is 4.79 Å². The van der Waals surface area contributed by atoms with Gasteiger partial charge in [-0.25, -0.2) is 9.97 Å². The maximum absolute atomic E-state index is 12.9. The van der Waals surface area contributed by atoms with E-state index in [0.29, 0.717) is 41.7 Å². The van der Waals surface area contributed by atoms with Crippen LogP contribution in [0.2, 0.25) is 0 Å². The molecule has 0 saturated carbocycles. The molecule has 1 amide bonds. The molecule has 4 aromatic rings. The number of piperidine rings is 1. The van der Waals surface area contributed by atoms with Gasteiger partial charge in [-0.05, 0) is 48.5 Å². The van der Waals surface area contributed by atoms with Gasteiger partial charge in [0.25, 0.3) is 5.91 Å². The number of methoxy groups -OCH3 is 3. The number of likely N-dealkylation sites (tertiary alicyclic amines) is 1. The van der Waals surface area contributed by atoms with Gasteiger partial charge in [-0.2, -0.15) is 0 Å². The average Bonchev–Trinajstić information content (AvgIpc) is 2.97. The molecule has 9 nitrogen and oxygen atoms in total. The van der Waals surface area contributed by atoms with Crippen LogP contribution in [0.25, 0.3) is 10.9 Å². The lowest BCUT2D eigenvalue weighted by Gasteiger charge is -2.32. The molecule has 1 N–H and O–H groups in total. The average molecular weight is 515 g/mol. The Morgan fingerprint density at radius 1 is 0.868 bits per heavy atom. The van der Waals surface area contributed by atoms with Crippen molar-refractivity contribution in [2.75, 3.05) is 39.7 Å². The monoisotopic (exact) mass is 514 g/mol. The molecule has 3 aromatic carbocycles. The molecule has 1 saturated heterocycles. The molecule has 0 bridgehead atoms. The van der Waals surface area contributed by atoms with Gasteiger partial charge in [0.2, 0.25) is 0 Å². The van der Waals surface area contributed by atoms with Gasteiger partial charge in [0.05, 0.1) is 26.8 Å². The summed E-state index contributed by atoms with van der Waals surface area (Å²) in [6, 6.07) is 18.7. The van der Waals surface area contributed by atoms with Crippen molar-refractivity contribution < 1.29 is 23.7 Å². The Hall–Kier alpha value is -4.53. The van der Waals surface area contributed by atoms with Crippen molar-refractivity contribution in [3.8, 4) is 23.0 Å². The smallest absolute Gasteiger partial charge is 0.253 e. The summed E-state index contributed by atoms with van der Waals surface area (Å²) < 4.78 is 22.3. The Labute approximate surface area is 221 Å². The van der Waals surface area contributed by atoms with E-state index in [1.165, 1.54) is 6.33 Å². The van der Waals surface area contributed by atoms with Crippen LogP contribution in [-0.2, 0) is 0 Å². The molecule has 1 aromatic heterocycles. The van der Waals surface area contributed by atoms with Crippen LogP contribution in [0.15, 0.2) is 67.0 Å². The topological polar surface area (TPSA) is 95.0 Å². The molecular weight excluding hydrogens is 484 g/mol. The summed E-state index contributed by atoms with van der Waals surface area (Å²) in [5.41, 5.74) is 2.25. The SMILES string of the molecule is COc1cccc(C(=O)N2CCC(Oc3ccc(Nc4ncnc5cc(OC)c(OC)cc45)cc3)CC2)c1. The van der Waals surface area contributed by atoms with E-state index in [1.807, 2.05) is 59.5 Å².